The molecule has 1 aliphatic carbocycles. The van der Waals surface area contributed by atoms with Gasteiger partial charge < -0.3 is 10.2 Å². The smallest absolute Gasteiger partial charge is 0.108 e. The van der Waals surface area contributed by atoms with Crippen LogP contribution in [0.3, 0.4) is 0 Å². The van der Waals surface area contributed by atoms with Crippen LogP contribution in [0, 0.1) is 13.8 Å². The fourth-order valence-corrected chi connectivity index (χ4v) is 2.62. The summed E-state index contributed by atoms with van der Waals surface area (Å²) in [7, 11) is 0. The number of rotatable bonds is 2. The summed E-state index contributed by atoms with van der Waals surface area (Å²) < 4.78 is 0. The Labute approximate surface area is 96.9 Å². The zero-order valence-electron chi connectivity index (χ0n) is 10.0. The van der Waals surface area contributed by atoms with Crippen LogP contribution in [0.15, 0.2) is 18.2 Å². The van der Waals surface area contributed by atoms with E-state index < -0.39 is 11.7 Å². The van der Waals surface area contributed by atoms with Gasteiger partial charge in [-0.25, -0.2) is 0 Å². The van der Waals surface area contributed by atoms with E-state index in [0.29, 0.717) is 12.8 Å². The number of hydrogen-bond donors (Lipinski definition) is 2. The molecule has 1 saturated carbocycles. The highest BCUT2D eigenvalue weighted by Crippen LogP contribution is 2.40. The molecule has 0 aromatic heterocycles. The van der Waals surface area contributed by atoms with Crippen molar-refractivity contribution in [2.75, 3.05) is 0 Å². The van der Waals surface area contributed by atoms with Crippen LogP contribution in [0.5, 0.6) is 0 Å². The second-order valence-corrected chi connectivity index (χ2v) is 5.00. The van der Waals surface area contributed by atoms with Gasteiger partial charge in [0.1, 0.15) is 6.10 Å². The van der Waals surface area contributed by atoms with E-state index in [1.54, 1.807) is 0 Å². The van der Waals surface area contributed by atoms with Crippen LogP contribution in [0.2, 0.25) is 0 Å². The van der Waals surface area contributed by atoms with Crippen LogP contribution in [0.1, 0.15) is 48.5 Å². The number of aliphatic hydroxyl groups is 2. The van der Waals surface area contributed by atoms with E-state index in [4.69, 9.17) is 0 Å². The maximum absolute atomic E-state index is 10.4. The molecule has 0 bridgehead atoms. The maximum atomic E-state index is 10.4. The number of benzene rings is 1. The van der Waals surface area contributed by atoms with Gasteiger partial charge in [-0.05, 0) is 43.4 Å². The Morgan fingerprint density at radius 2 is 1.81 bits per heavy atom. The fourth-order valence-electron chi connectivity index (χ4n) is 2.62. The molecule has 88 valence electrons. The molecule has 2 heteroatoms. The molecule has 0 aliphatic heterocycles. The lowest BCUT2D eigenvalue weighted by Gasteiger charge is -2.30. The third kappa shape index (κ3) is 1.87. The van der Waals surface area contributed by atoms with Crippen LogP contribution in [-0.2, 0) is 0 Å². The lowest BCUT2D eigenvalue weighted by atomic mass is 9.86. The monoisotopic (exact) mass is 220 g/mol. The van der Waals surface area contributed by atoms with Gasteiger partial charge in [-0.1, -0.05) is 31.0 Å². The van der Waals surface area contributed by atoms with Gasteiger partial charge in [0.2, 0.25) is 0 Å². The third-order valence-corrected chi connectivity index (χ3v) is 3.92. The van der Waals surface area contributed by atoms with Gasteiger partial charge in [-0.3, -0.25) is 0 Å². The standard InChI is InChI=1S/C14H20O2/c1-10-6-5-7-12(11(10)2)13(15)14(16)8-3-4-9-14/h5-7,13,15-16H,3-4,8-9H2,1-2H3. The Morgan fingerprint density at radius 3 is 2.44 bits per heavy atom. The summed E-state index contributed by atoms with van der Waals surface area (Å²) in [5.41, 5.74) is 2.23. The Bertz CT molecular complexity index is 378. The van der Waals surface area contributed by atoms with Crippen LogP contribution < -0.4 is 0 Å². The van der Waals surface area contributed by atoms with Crippen LogP contribution in [-0.4, -0.2) is 15.8 Å². The Kier molecular flexibility index (Phi) is 3.04. The second kappa shape index (κ2) is 4.19. The molecule has 1 aromatic rings. The molecule has 0 radical (unpaired) electrons. The number of aliphatic hydroxyl groups excluding tert-OH is 1. The van der Waals surface area contributed by atoms with E-state index in [-0.39, 0.29) is 0 Å². The first kappa shape index (κ1) is 11.6. The molecule has 0 heterocycles. The minimum Gasteiger partial charge on any atom is -0.387 e. The molecular formula is C14H20O2. The highest BCUT2D eigenvalue weighted by atomic mass is 16.3. The Morgan fingerprint density at radius 1 is 1.19 bits per heavy atom. The first-order valence-corrected chi connectivity index (χ1v) is 6.01. The minimum atomic E-state index is -0.904. The largest absolute Gasteiger partial charge is 0.387 e. The van der Waals surface area contributed by atoms with Crippen LogP contribution in [0.25, 0.3) is 0 Å². The quantitative estimate of drug-likeness (QED) is 0.804. The average Bonchev–Trinajstić information content (AvgIpc) is 2.70. The van der Waals surface area contributed by atoms with Crippen molar-refractivity contribution in [1.29, 1.82) is 0 Å². The van der Waals surface area contributed by atoms with Crippen molar-refractivity contribution in [3.05, 3.63) is 34.9 Å². The highest BCUT2D eigenvalue weighted by Gasteiger charge is 2.39. The van der Waals surface area contributed by atoms with Crippen molar-refractivity contribution in [2.45, 2.75) is 51.2 Å². The molecule has 2 nitrogen and oxygen atoms in total. The minimum absolute atomic E-state index is 0.710. The van der Waals surface area contributed by atoms with Gasteiger partial charge in [0, 0.05) is 0 Å². The van der Waals surface area contributed by atoms with Crippen molar-refractivity contribution in [2.24, 2.45) is 0 Å². The van der Waals surface area contributed by atoms with Gasteiger partial charge in [-0.2, -0.15) is 0 Å². The van der Waals surface area contributed by atoms with Crippen LogP contribution in [0.4, 0.5) is 0 Å². The molecule has 1 aromatic carbocycles. The fraction of sp³-hybridized carbons (Fsp3) is 0.571. The lowest BCUT2D eigenvalue weighted by molar-refractivity contribution is -0.0721. The van der Waals surface area contributed by atoms with E-state index in [1.165, 1.54) is 0 Å². The summed E-state index contributed by atoms with van der Waals surface area (Å²) in [4.78, 5) is 0. The number of hydrogen-bond acceptors (Lipinski definition) is 2. The number of aryl methyl sites for hydroxylation is 1. The third-order valence-electron chi connectivity index (χ3n) is 3.92. The van der Waals surface area contributed by atoms with Crippen molar-refractivity contribution in [3.63, 3.8) is 0 Å². The summed E-state index contributed by atoms with van der Waals surface area (Å²) in [6.45, 7) is 4.04. The average molecular weight is 220 g/mol. The van der Waals surface area contributed by atoms with Crippen molar-refractivity contribution < 1.29 is 10.2 Å². The van der Waals surface area contributed by atoms with Gasteiger partial charge in [-0.15, -0.1) is 0 Å². The molecule has 2 rings (SSSR count). The van der Waals surface area contributed by atoms with Gasteiger partial charge >= 0.3 is 0 Å². The first-order valence-electron chi connectivity index (χ1n) is 6.01. The van der Waals surface area contributed by atoms with E-state index >= 15 is 0 Å². The molecule has 1 atom stereocenters. The summed E-state index contributed by atoms with van der Waals surface area (Å²) in [5, 5.41) is 20.7. The molecule has 1 fully saturated rings. The van der Waals surface area contributed by atoms with Crippen molar-refractivity contribution in [1.82, 2.24) is 0 Å². The van der Waals surface area contributed by atoms with E-state index in [0.717, 1.165) is 29.5 Å². The Hall–Kier alpha value is -0.860. The molecule has 1 aliphatic rings. The predicted molar refractivity (Wildman–Crippen MR) is 64.3 cm³/mol. The second-order valence-electron chi connectivity index (χ2n) is 5.00. The van der Waals surface area contributed by atoms with E-state index in [2.05, 4.69) is 0 Å². The van der Waals surface area contributed by atoms with E-state index in [9.17, 15) is 10.2 Å². The predicted octanol–water partition coefficient (Wildman–Crippen LogP) is 2.64. The molecule has 0 spiro atoms. The zero-order chi connectivity index (χ0) is 11.8. The summed E-state index contributed by atoms with van der Waals surface area (Å²) in [5.74, 6) is 0. The molecular weight excluding hydrogens is 200 g/mol. The zero-order valence-corrected chi connectivity index (χ0v) is 10.0. The lowest BCUT2D eigenvalue weighted by Crippen LogP contribution is -2.33. The molecule has 0 saturated heterocycles. The topological polar surface area (TPSA) is 40.5 Å². The van der Waals surface area contributed by atoms with Gasteiger partial charge in [0.15, 0.2) is 0 Å². The normalized spacial score (nSPS) is 21.0. The first-order chi connectivity index (χ1) is 7.54. The maximum Gasteiger partial charge on any atom is 0.108 e. The Balaban J connectivity index is 2.33. The van der Waals surface area contributed by atoms with Crippen molar-refractivity contribution in [3.8, 4) is 0 Å². The summed E-state index contributed by atoms with van der Waals surface area (Å²) in [6.07, 6.45) is 2.70. The SMILES string of the molecule is Cc1cccc(C(O)C2(O)CCCC2)c1C. The molecule has 16 heavy (non-hydrogen) atoms. The summed E-state index contributed by atoms with van der Waals surface area (Å²) >= 11 is 0. The van der Waals surface area contributed by atoms with Crippen molar-refractivity contribution >= 4 is 0 Å². The van der Waals surface area contributed by atoms with Gasteiger partial charge in [0.25, 0.3) is 0 Å². The molecule has 2 N–H and O–H groups in total. The van der Waals surface area contributed by atoms with Crippen LogP contribution >= 0.6 is 0 Å². The molecule has 0 amide bonds. The highest BCUT2D eigenvalue weighted by molar-refractivity contribution is 5.36. The van der Waals surface area contributed by atoms with E-state index in [1.807, 2.05) is 32.0 Å². The molecule has 1 unspecified atom stereocenters. The summed E-state index contributed by atoms with van der Waals surface area (Å²) in [6, 6.07) is 5.90. The van der Waals surface area contributed by atoms with Gasteiger partial charge in [0.05, 0.1) is 5.60 Å².